The van der Waals surface area contributed by atoms with Crippen LogP contribution in [0, 0.1) is 11.3 Å². The van der Waals surface area contributed by atoms with Gasteiger partial charge in [-0.25, -0.2) is 0 Å². The van der Waals surface area contributed by atoms with Gasteiger partial charge in [-0.2, -0.15) is 0 Å². The van der Waals surface area contributed by atoms with E-state index in [1.807, 2.05) is 20.8 Å². The number of Topliss-reactive ketones (excluding diaryl/α,β-unsaturated/α-hetero) is 1. The standard InChI is InChI=1S/C12H23NO2/c1-12(2,3)11(13)10(14)8-9-4-6-15-7-5-9/h9,11H,4-8,13H2,1-3H3. The Hall–Kier alpha value is -0.410. The van der Waals surface area contributed by atoms with Crippen LogP contribution < -0.4 is 5.73 Å². The maximum absolute atomic E-state index is 11.9. The molecule has 0 aromatic heterocycles. The molecule has 0 amide bonds. The predicted molar refractivity (Wildman–Crippen MR) is 60.6 cm³/mol. The number of carbonyl (C=O) groups excluding carboxylic acids is 1. The first-order chi connectivity index (χ1) is 6.91. The maximum atomic E-state index is 11.9. The van der Waals surface area contributed by atoms with Crippen molar-refractivity contribution in [2.75, 3.05) is 13.2 Å². The Kier molecular flexibility index (Phi) is 4.29. The topological polar surface area (TPSA) is 52.3 Å². The molecule has 1 fully saturated rings. The quantitative estimate of drug-likeness (QED) is 0.777. The predicted octanol–water partition coefficient (Wildman–Crippen LogP) is 1.75. The van der Waals surface area contributed by atoms with Crippen molar-refractivity contribution in [1.29, 1.82) is 0 Å². The largest absolute Gasteiger partial charge is 0.381 e. The summed E-state index contributed by atoms with van der Waals surface area (Å²) < 4.78 is 5.27. The Morgan fingerprint density at radius 3 is 2.40 bits per heavy atom. The average molecular weight is 213 g/mol. The van der Waals surface area contributed by atoms with Crippen LogP contribution in [0.5, 0.6) is 0 Å². The summed E-state index contributed by atoms with van der Waals surface area (Å²) in [5.41, 5.74) is 5.81. The van der Waals surface area contributed by atoms with Crippen molar-refractivity contribution in [2.24, 2.45) is 17.1 Å². The molecule has 1 unspecified atom stereocenters. The average Bonchev–Trinajstić information content (AvgIpc) is 2.16. The first-order valence-electron chi connectivity index (χ1n) is 5.77. The van der Waals surface area contributed by atoms with Gasteiger partial charge < -0.3 is 10.5 Å². The second kappa shape index (κ2) is 5.08. The second-order valence-electron chi connectivity index (χ2n) is 5.57. The molecule has 15 heavy (non-hydrogen) atoms. The fourth-order valence-corrected chi connectivity index (χ4v) is 1.84. The van der Waals surface area contributed by atoms with Gasteiger partial charge in [0.1, 0.15) is 5.78 Å². The van der Waals surface area contributed by atoms with Gasteiger partial charge in [-0.3, -0.25) is 4.79 Å². The molecule has 1 rings (SSSR count). The van der Waals surface area contributed by atoms with Crippen LogP contribution in [0.1, 0.15) is 40.0 Å². The highest BCUT2D eigenvalue weighted by molar-refractivity contribution is 5.84. The second-order valence-corrected chi connectivity index (χ2v) is 5.57. The number of ether oxygens (including phenoxy) is 1. The lowest BCUT2D eigenvalue weighted by molar-refractivity contribution is -0.124. The molecule has 1 atom stereocenters. The first-order valence-corrected chi connectivity index (χ1v) is 5.77. The smallest absolute Gasteiger partial charge is 0.150 e. The summed E-state index contributed by atoms with van der Waals surface area (Å²) in [5, 5.41) is 0. The van der Waals surface area contributed by atoms with Crippen LogP contribution in [0.4, 0.5) is 0 Å². The summed E-state index contributed by atoms with van der Waals surface area (Å²) >= 11 is 0. The Morgan fingerprint density at radius 2 is 1.93 bits per heavy atom. The third-order valence-electron chi connectivity index (χ3n) is 3.11. The van der Waals surface area contributed by atoms with E-state index in [1.165, 1.54) is 0 Å². The van der Waals surface area contributed by atoms with Crippen molar-refractivity contribution in [3.8, 4) is 0 Å². The van der Waals surface area contributed by atoms with Gasteiger partial charge in [0, 0.05) is 19.6 Å². The monoisotopic (exact) mass is 213 g/mol. The lowest BCUT2D eigenvalue weighted by atomic mass is 9.81. The molecule has 0 aliphatic carbocycles. The molecular weight excluding hydrogens is 190 g/mol. The molecule has 0 aromatic carbocycles. The molecule has 3 heteroatoms. The minimum Gasteiger partial charge on any atom is -0.381 e. The van der Waals surface area contributed by atoms with E-state index in [9.17, 15) is 4.79 Å². The lowest BCUT2D eigenvalue weighted by Gasteiger charge is -2.28. The minimum atomic E-state index is -0.333. The number of nitrogens with two attached hydrogens (primary N) is 1. The van der Waals surface area contributed by atoms with E-state index in [0.717, 1.165) is 26.1 Å². The molecule has 0 aromatic rings. The highest BCUT2D eigenvalue weighted by atomic mass is 16.5. The van der Waals surface area contributed by atoms with Gasteiger partial charge in [-0.15, -0.1) is 0 Å². The van der Waals surface area contributed by atoms with Crippen LogP contribution in [0.3, 0.4) is 0 Å². The van der Waals surface area contributed by atoms with E-state index >= 15 is 0 Å². The third-order valence-corrected chi connectivity index (χ3v) is 3.11. The molecule has 1 heterocycles. The first kappa shape index (κ1) is 12.7. The normalized spacial score (nSPS) is 21.3. The molecule has 88 valence electrons. The molecular formula is C12H23NO2. The molecule has 2 N–H and O–H groups in total. The highest BCUT2D eigenvalue weighted by Gasteiger charge is 2.29. The summed E-state index contributed by atoms with van der Waals surface area (Å²) in [6, 6.07) is -0.333. The van der Waals surface area contributed by atoms with Gasteiger partial charge in [-0.05, 0) is 24.2 Å². The minimum absolute atomic E-state index is 0.123. The highest BCUT2D eigenvalue weighted by Crippen LogP contribution is 2.24. The molecule has 1 aliphatic heterocycles. The van der Waals surface area contributed by atoms with Gasteiger partial charge in [-0.1, -0.05) is 20.8 Å². The molecule has 0 spiro atoms. The van der Waals surface area contributed by atoms with Gasteiger partial charge >= 0.3 is 0 Å². The summed E-state index contributed by atoms with van der Waals surface area (Å²) in [5.74, 6) is 0.689. The number of rotatable bonds is 3. The lowest BCUT2D eigenvalue weighted by Crippen LogP contribution is -2.43. The van der Waals surface area contributed by atoms with E-state index in [2.05, 4.69) is 0 Å². The van der Waals surface area contributed by atoms with Crippen molar-refractivity contribution < 1.29 is 9.53 Å². The Bertz CT molecular complexity index is 214. The zero-order valence-corrected chi connectivity index (χ0v) is 10.1. The maximum Gasteiger partial charge on any atom is 0.150 e. The van der Waals surface area contributed by atoms with Gasteiger partial charge in [0.2, 0.25) is 0 Å². The fraction of sp³-hybridized carbons (Fsp3) is 0.917. The van der Waals surface area contributed by atoms with Crippen molar-refractivity contribution in [2.45, 2.75) is 46.1 Å². The van der Waals surface area contributed by atoms with Crippen LogP contribution in [0.25, 0.3) is 0 Å². The van der Waals surface area contributed by atoms with Gasteiger partial charge in [0.05, 0.1) is 6.04 Å². The van der Waals surface area contributed by atoms with E-state index < -0.39 is 0 Å². The Balaban J connectivity index is 2.40. The molecule has 0 radical (unpaired) electrons. The number of ketones is 1. The number of carbonyl (C=O) groups is 1. The van der Waals surface area contributed by atoms with E-state index in [0.29, 0.717) is 12.3 Å². The van der Waals surface area contributed by atoms with E-state index in [4.69, 9.17) is 10.5 Å². The van der Waals surface area contributed by atoms with Crippen LogP contribution >= 0.6 is 0 Å². The van der Waals surface area contributed by atoms with Crippen LogP contribution in [0.2, 0.25) is 0 Å². The summed E-state index contributed by atoms with van der Waals surface area (Å²) in [6.45, 7) is 7.63. The number of hydrogen-bond donors (Lipinski definition) is 1. The molecule has 3 nitrogen and oxygen atoms in total. The zero-order chi connectivity index (χ0) is 11.5. The van der Waals surface area contributed by atoms with Crippen LogP contribution in [-0.2, 0) is 9.53 Å². The van der Waals surface area contributed by atoms with E-state index in [-0.39, 0.29) is 17.2 Å². The van der Waals surface area contributed by atoms with E-state index in [1.54, 1.807) is 0 Å². The molecule has 1 saturated heterocycles. The van der Waals surface area contributed by atoms with Crippen molar-refractivity contribution in [1.82, 2.24) is 0 Å². The van der Waals surface area contributed by atoms with Crippen molar-refractivity contribution >= 4 is 5.78 Å². The third kappa shape index (κ3) is 3.92. The molecule has 1 aliphatic rings. The van der Waals surface area contributed by atoms with Crippen molar-refractivity contribution in [3.63, 3.8) is 0 Å². The summed E-state index contributed by atoms with van der Waals surface area (Å²) in [4.78, 5) is 11.9. The Morgan fingerprint density at radius 1 is 1.40 bits per heavy atom. The Labute approximate surface area is 92.4 Å². The van der Waals surface area contributed by atoms with Gasteiger partial charge in [0.25, 0.3) is 0 Å². The number of hydrogen-bond acceptors (Lipinski definition) is 3. The fourth-order valence-electron chi connectivity index (χ4n) is 1.84. The van der Waals surface area contributed by atoms with Crippen molar-refractivity contribution in [3.05, 3.63) is 0 Å². The molecule has 0 saturated carbocycles. The van der Waals surface area contributed by atoms with Crippen LogP contribution in [-0.4, -0.2) is 25.0 Å². The summed E-state index contributed by atoms with van der Waals surface area (Å²) in [6.07, 6.45) is 2.63. The summed E-state index contributed by atoms with van der Waals surface area (Å²) in [7, 11) is 0. The molecule has 0 bridgehead atoms. The van der Waals surface area contributed by atoms with Gasteiger partial charge in [0.15, 0.2) is 0 Å². The SMILES string of the molecule is CC(C)(C)C(N)C(=O)CC1CCOCC1. The van der Waals surface area contributed by atoms with Crippen LogP contribution in [0.15, 0.2) is 0 Å². The zero-order valence-electron chi connectivity index (χ0n) is 10.1.